The summed E-state index contributed by atoms with van der Waals surface area (Å²) in [4.78, 5) is 4.39. The van der Waals surface area contributed by atoms with Crippen LogP contribution in [0.15, 0.2) is 71.7 Å². The minimum Gasteiger partial charge on any atom is -0.493 e. The third-order valence-electron chi connectivity index (χ3n) is 4.77. The van der Waals surface area contributed by atoms with Gasteiger partial charge in [0.15, 0.2) is 5.96 Å². The van der Waals surface area contributed by atoms with Gasteiger partial charge in [0.25, 0.3) is 0 Å². The van der Waals surface area contributed by atoms with Crippen LogP contribution in [0, 0.1) is 0 Å². The first-order valence-electron chi connectivity index (χ1n) is 9.00. The second kappa shape index (κ2) is 9.08. The van der Waals surface area contributed by atoms with E-state index in [4.69, 9.17) is 4.74 Å². The molecule has 4 rings (SSSR count). The molecule has 0 amide bonds. The molecule has 0 spiro atoms. The van der Waals surface area contributed by atoms with Gasteiger partial charge in [-0.15, -0.1) is 24.0 Å². The molecule has 5 heteroatoms. The number of guanidine groups is 1. The number of halogens is 1. The van der Waals surface area contributed by atoms with E-state index in [1.165, 1.54) is 21.9 Å². The average Bonchev–Trinajstić information content (AvgIpc) is 2.71. The zero-order chi connectivity index (χ0) is 17.8. The lowest BCUT2D eigenvalue weighted by Gasteiger charge is -2.28. The molecule has 140 valence electrons. The molecule has 1 heterocycles. The number of ether oxygens (including phenoxy) is 1. The highest BCUT2D eigenvalue weighted by Gasteiger charge is 2.21. The maximum Gasteiger partial charge on any atom is 0.191 e. The van der Waals surface area contributed by atoms with Crippen molar-refractivity contribution in [3.63, 3.8) is 0 Å². The van der Waals surface area contributed by atoms with Crippen molar-refractivity contribution in [2.24, 2.45) is 4.99 Å². The maximum absolute atomic E-state index is 5.74. The normalized spacial score (nSPS) is 16.0. The Morgan fingerprint density at radius 2 is 1.81 bits per heavy atom. The number of hydrogen-bond acceptors (Lipinski definition) is 2. The molecule has 3 aromatic rings. The molecule has 0 saturated heterocycles. The summed E-state index contributed by atoms with van der Waals surface area (Å²) < 4.78 is 5.74. The van der Waals surface area contributed by atoms with Gasteiger partial charge in [-0.05, 0) is 28.5 Å². The van der Waals surface area contributed by atoms with Crippen LogP contribution in [0.1, 0.15) is 23.6 Å². The van der Waals surface area contributed by atoms with E-state index in [0.717, 1.165) is 31.3 Å². The summed E-state index contributed by atoms with van der Waals surface area (Å²) in [5, 5.41) is 9.47. The summed E-state index contributed by atoms with van der Waals surface area (Å²) in [6, 6.07) is 23.4. The van der Waals surface area contributed by atoms with Gasteiger partial charge in [-0.2, -0.15) is 0 Å². The minimum atomic E-state index is 0. The third-order valence-corrected chi connectivity index (χ3v) is 4.77. The number of benzene rings is 3. The molecule has 0 saturated carbocycles. The fraction of sp³-hybridized carbons (Fsp3) is 0.227. The molecular formula is C22H24IN3O. The van der Waals surface area contributed by atoms with Crippen LogP contribution in [0.2, 0.25) is 0 Å². The Morgan fingerprint density at radius 1 is 1.04 bits per heavy atom. The Balaban J connectivity index is 0.00000210. The number of aliphatic imine (C=N–C) groups is 1. The van der Waals surface area contributed by atoms with E-state index < -0.39 is 0 Å². The first kappa shape index (κ1) is 19.5. The van der Waals surface area contributed by atoms with Crippen LogP contribution in [0.4, 0.5) is 0 Å². The first-order chi connectivity index (χ1) is 12.8. The zero-order valence-corrected chi connectivity index (χ0v) is 17.6. The van der Waals surface area contributed by atoms with Crippen LogP contribution in [-0.4, -0.2) is 19.6 Å². The second-order valence-corrected chi connectivity index (χ2v) is 6.48. The van der Waals surface area contributed by atoms with Crippen LogP contribution in [0.25, 0.3) is 10.8 Å². The van der Waals surface area contributed by atoms with E-state index in [2.05, 4.69) is 64.2 Å². The van der Waals surface area contributed by atoms with E-state index >= 15 is 0 Å². The molecule has 1 aliphatic heterocycles. The molecular weight excluding hydrogens is 449 g/mol. The quantitative estimate of drug-likeness (QED) is 0.331. The van der Waals surface area contributed by atoms with Gasteiger partial charge >= 0.3 is 0 Å². The number of para-hydroxylation sites is 1. The van der Waals surface area contributed by atoms with E-state index in [-0.39, 0.29) is 30.0 Å². The molecule has 0 aliphatic carbocycles. The van der Waals surface area contributed by atoms with Crippen molar-refractivity contribution in [3.8, 4) is 5.75 Å². The Kier molecular flexibility index (Phi) is 6.55. The monoisotopic (exact) mass is 473 g/mol. The topological polar surface area (TPSA) is 45.7 Å². The Bertz CT molecular complexity index is 941. The van der Waals surface area contributed by atoms with Gasteiger partial charge in [0, 0.05) is 25.6 Å². The lowest BCUT2D eigenvalue weighted by molar-refractivity contribution is 0.261. The molecule has 1 unspecified atom stereocenters. The number of hydrogen-bond donors (Lipinski definition) is 2. The molecule has 0 fully saturated rings. The highest BCUT2D eigenvalue weighted by Crippen LogP contribution is 2.31. The summed E-state index contributed by atoms with van der Waals surface area (Å²) in [5.41, 5.74) is 2.42. The Hall–Kier alpha value is -2.28. The van der Waals surface area contributed by atoms with Crippen LogP contribution < -0.4 is 15.4 Å². The van der Waals surface area contributed by atoms with Gasteiger partial charge in [0.1, 0.15) is 5.75 Å². The van der Waals surface area contributed by atoms with Crippen molar-refractivity contribution in [2.45, 2.75) is 19.0 Å². The smallest absolute Gasteiger partial charge is 0.191 e. The third kappa shape index (κ3) is 4.53. The van der Waals surface area contributed by atoms with Crippen LogP contribution in [-0.2, 0) is 6.54 Å². The lowest BCUT2D eigenvalue weighted by Crippen LogP contribution is -2.40. The van der Waals surface area contributed by atoms with E-state index in [9.17, 15) is 0 Å². The fourth-order valence-electron chi connectivity index (χ4n) is 3.39. The fourth-order valence-corrected chi connectivity index (χ4v) is 3.39. The predicted molar refractivity (Wildman–Crippen MR) is 122 cm³/mol. The summed E-state index contributed by atoms with van der Waals surface area (Å²) >= 11 is 0. The maximum atomic E-state index is 5.74. The van der Waals surface area contributed by atoms with E-state index in [1.807, 2.05) is 18.2 Å². The van der Waals surface area contributed by atoms with E-state index in [0.29, 0.717) is 0 Å². The summed E-state index contributed by atoms with van der Waals surface area (Å²) in [7, 11) is 1.81. The highest BCUT2D eigenvalue weighted by atomic mass is 127. The van der Waals surface area contributed by atoms with Gasteiger partial charge in [0.2, 0.25) is 0 Å². The van der Waals surface area contributed by atoms with Crippen molar-refractivity contribution in [1.82, 2.24) is 10.6 Å². The summed E-state index contributed by atoms with van der Waals surface area (Å²) in [5.74, 6) is 1.76. The highest BCUT2D eigenvalue weighted by molar-refractivity contribution is 14.0. The molecule has 0 radical (unpaired) electrons. The van der Waals surface area contributed by atoms with Gasteiger partial charge < -0.3 is 15.4 Å². The van der Waals surface area contributed by atoms with Gasteiger partial charge in [-0.1, -0.05) is 54.6 Å². The second-order valence-electron chi connectivity index (χ2n) is 6.48. The number of nitrogens with one attached hydrogen (secondary N) is 2. The van der Waals surface area contributed by atoms with E-state index in [1.54, 1.807) is 7.05 Å². The molecule has 4 nitrogen and oxygen atoms in total. The SMILES string of the molecule is CN=C(NCc1ccc2ccccc2c1)NC1CCOc2ccccc21.I. The Labute approximate surface area is 177 Å². The molecule has 3 aromatic carbocycles. The molecule has 2 N–H and O–H groups in total. The number of nitrogens with zero attached hydrogens (tertiary/aromatic N) is 1. The van der Waals surface area contributed by atoms with Crippen molar-refractivity contribution < 1.29 is 4.74 Å². The average molecular weight is 473 g/mol. The number of fused-ring (bicyclic) bond motifs is 2. The van der Waals surface area contributed by atoms with Crippen LogP contribution in [0.5, 0.6) is 5.75 Å². The molecule has 1 atom stereocenters. The van der Waals surface area contributed by atoms with Crippen molar-refractivity contribution in [1.29, 1.82) is 0 Å². The molecule has 0 aromatic heterocycles. The van der Waals surface area contributed by atoms with Crippen molar-refractivity contribution >= 4 is 40.7 Å². The predicted octanol–water partition coefficient (Wildman–Crippen LogP) is 4.65. The van der Waals surface area contributed by atoms with Crippen LogP contribution in [0.3, 0.4) is 0 Å². The minimum absolute atomic E-state index is 0. The molecule has 1 aliphatic rings. The Morgan fingerprint density at radius 3 is 2.67 bits per heavy atom. The zero-order valence-electron chi connectivity index (χ0n) is 15.3. The van der Waals surface area contributed by atoms with Gasteiger partial charge in [-0.3, -0.25) is 4.99 Å². The van der Waals surface area contributed by atoms with Crippen LogP contribution >= 0.6 is 24.0 Å². The molecule has 27 heavy (non-hydrogen) atoms. The molecule has 0 bridgehead atoms. The van der Waals surface area contributed by atoms with Gasteiger partial charge in [-0.25, -0.2) is 0 Å². The number of rotatable bonds is 3. The van der Waals surface area contributed by atoms with Crippen molar-refractivity contribution in [2.75, 3.05) is 13.7 Å². The first-order valence-corrected chi connectivity index (χ1v) is 9.00. The van der Waals surface area contributed by atoms with Gasteiger partial charge in [0.05, 0.1) is 12.6 Å². The summed E-state index contributed by atoms with van der Waals surface area (Å²) in [6.07, 6.45) is 0.924. The standard InChI is InChI=1S/C22H23N3O.HI/c1-23-22(25-20-12-13-26-21-9-5-4-8-19(20)21)24-15-16-10-11-17-6-2-3-7-18(17)14-16;/h2-11,14,20H,12-13,15H2,1H3,(H2,23,24,25);1H. The largest absolute Gasteiger partial charge is 0.493 e. The van der Waals surface area contributed by atoms with Crippen molar-refractivity contribution in [3.05, 3.63) is 77.9 Å². The lowest BCUT2D eigenvalue weighted by atomic mass is 10.0. The summed E-state index contributed by atoms with van der Waals surface area (Å²) in [6.45, 7) is 1.45.